The van der Waals surface area contributed by atoms with Crippen molar-refractivity contribution in [2.45, 2.75) is 19.3 Å². The Morgan fingerprint density at radius 2 is 1.54 bits per heavy atom. The number of alkyl halides is 3. The molecule has 0 bridgehead atoms. The first-order valence-corrected chi connectivity index (χ1v) is 10.8. The predicted molar refractivity (Wildman–Crippen MR) is 128 cm³/mol. The molecule has 4 rings (SSSR count). The van der Waals surface area contributed by atoms with Crippen molar-refractivity contribution in [1.29, 1.82) is 0 Å². The normalized spacial score (nSPS) is 11.2. The van der Waals surface area contributed by atoms with Crippen LogP contribution < -0.4 is 10.1 Å². The third kappa shape index (κ3) is 6.20. The van der Waals surface area contributed by atoms with Crippen LogP contribution in [0.15, 0.2) is 97.1 Å². The molecule has 0 atom stereocenters. The fourth-order valence-electron chi connectivity index (χ4n) is 3.62. The van der Waals surface area contributed by atoms with E-state index in [1.807, 2.05) is 12.1 Å². The molecule has 0 fully saturated rings. The Morgan fingerprint density at radius 1 is 0.829 bits per heavy atom. The van der Waals surface area contributed by atoms with Gasteiger partial charge in [-0.1, -0.05) is 60.7 Å². The second kappa shape index (κ2) is 10.3. The monoisotopic (exact) mass is 477 g/mol. The summed E-state index contributed by atoms with van der Waals surface area (Å²) in [6.45, 7) is 0.469. The highest BCUT2D eigenvalue weighted by Crippen LogP contribution is 2.37. The molecule has 35 heavy (non-hydrogen) atoms. The Balaban J connectivity index is 1.40. The van der Waals surface area contributed by atoms with E-state index >= 15 is 0 Å². The molecule has 0 aliphatic heterocycles. The van der Waals surface area contributed by atoms with Gasteiger partial charge in [0, 0.05) is 12.2 Å². The van der Waals surface area contributed by atoms with Crippen molar-refractivity contribution in [2.75, 3.05) is 5.32 Å². The van der Waals surface area contributed by atoms with Crippen LogP contribution in [0.4, 0.5) is 18.9 Å². The molecule has 0 aliphatic carbocycles. The molecule has 0 aromatic heterocycles. The largest absolute Gasteiger partial charge is 0.489 e. The quantitative estimate of drug-likeness (QED) is 0.280. The zero-order chi connectivity index (χ0) is 24.8. The van der Waals surface area contributed by atoms with Gasteiger partial charge in [-0.2, -0.15) is 13.2 Å². The van der Waals surface area contributed by atoms with Crippen LogP contribution in [-0.4, -0.2) is 11.1 Å². The lowest BCUT2D eigenvalue weighted by Gasteiger charge is -2.15. The first-order chi connectivity index (χ1) is 16.8. The molecule has 0 spiro atoms. The van der Waals surface area contributed by atoms with E-state index in [1.54, 1.807) is 66.7 Å². The molecule has 0 amide bonds. The molecular weight excluding hydrogens is 455 g/mol. The molecule has 0 saturated carbocycles. The molecule has 0 radical (unpaired) electrons. The highest BCUT2D eigenvalue weighted by molar-refractivity contribution is 5.88. The Bertz CT molecular complexity index is 1300. The van der Waals surface area contributed by atoms with Crippen LogP contribution >= 0.6 is 0 Å². The molecule has 4 nitrogen and oxygen atoms in total. The first kappa shape index (κ1) is 23.9. The Morgan fingerprint density at radius 3 is 2.23 bits per heavy atom. The van der Waals surface area contributed by atoms with Crippen molar-refractivity contribution in [2.24, 2.45) is 0 Å². The van der Waals surface area contributed by atoms with Crippen LogP contribution in [0.25, 0.3) is 11.1 Å². The van der Waals surface area contributed by atoms with Gasteiger partial charge in [0.25, 0.3) is 0 Å². The number of carboxylic acid groups (broad SMARTS) is 1. The van der Waals surface area contributed by atoms with Gasteiger partial charge in [0.05, 0.1) is 11.1 Å². The fourth-order valence-corrected chi connectivity index (χ4v) is 3.62. The maximum atomic E-state index is 13.7. The summed E-state index contributed by atoms with van der Waals surface area (Å²) in [5, 5.41) is 12.2. The van der Waals surface area contributed by atoms with Crippen molar-refractivity contribution in [3.8, 4) is 16.9 Å². The van der Waals surface area contributed by atoms with Gasteiger partial charge < -0.3 is 15.2 Å². The smallest absolute Gasteiger partial charge is 0.417 e. The first-order valence-electron chi connectivity index (χ1n) is 10.8. The van der Waals surface area contributed by atoms with Crippen LogP contribution in [0.1, 0.15) is 27.0 Å². The zero-order valence-electron chi connectivity index (χ0n) is 18.5. The van der Waals surface area contributed by atoms with E-state index in [1.165, 1.54) is 12.1 Å². The molecule has 2 N–H and O–H groups in total. The summed E-state index contributed by atoms with van der Waals surface area (Å²) >= 11 is 0. The fraction of sp³-hybridized carbons (Fsp3) is 0.107. The van der Waals surface area contributed by atoms with E-state index < -0.39 is 17.7 Å². The van der Waals surface area contributed by atoms with E-state index in [0.717, 1.165) is 11.6 Å². The number of hydrogen-bond donors (Lipinski definition) is 2. The SMILES string of the molecule is O=C(O)c1cccc(NCc2ccc(OCc3ccc(-c4ccccc4)c(C(F)(F)F)c3)cc2)c1. The van der Waals surface area contributed by atoms with Crippen LogP contribution in [0.3, 0.4) is 0 Å². The van der Waals surface area contributed by atoms with Crippen molar-refractivity contribution >= 4 is 11.7 Å². The minimum atomic E-state index is -4.49. The summed E-state index contributed by atoms with van der Waals surface area (Å²) in [5.74, 6) is -0.463. The number of carboxylic acids is 1. The standard InChI is InChI=1S/C28H22F3NO3/c29-28(30,31)26-15-20(11-14-25(26)21-5-2-1-3-6-21)18-35-24-12-9-19(10-13-24)17-32-23-8-4-7-22(16-23)27(33)34/h1-16,32H,17-18H2,(H,33,34). The lowest BCUT2D eigenvalue weighted by Crippen LogP contribution is -2.09. The molecule has 0 saturated heterocycles. The Hall–Kier alpha value is -4.26. The minimum Gasteiger partial charge on any atom is -0.489 e. The Kier molecular flexibility index (Phi) is 7.06. The van der Waals surface area contributed by atoms with Gasteiger partial charge in [-0.05, 0) is 58.7 Å². The predicted octanol–water partition coefficient (Wildman–Crippen LogP) is 7.26. The summed E-state index contributed by atoms with van der Waals surface area (Å²) in [5.41, 5.74) is 2.18. The molecule has 0 aliphatic rings. The van der Waals surface area contributed by atoms with Gasteiger partial charge in [0.15, 0.2) is 0 Å². The van der Waals surface area contributed by atoms with E-state index in [-0.39, 0.29) is 17.7 Å². The number of halogens is 3. The van der Waals surface area contributed by atoms with Gasteiger partial charge in [-0.15, -0.1) is 0 Å². The Labute approximate surface area is 200 Å². The van der Waals surface area contributed by atoms with Crippen LogP contribution in [0, 0.1) is 0 Å². The number of benzene rings is 4. The van der Waals surface area contributed by atoms with Crippen molar-refractivity contribution in [3.63, 3.8) is 0 Å². The molecule has 0 heterocycles. The number of ether oxygens (including phenoxy) is 1. The highest BCUT2D eigenvalue weighted by Gasteiger charge is 2.34. The van der Waals surface area contributed by atoms with Gasteiger partial charge in [0.2, 0.25) is 0 Å². The second-order valence-electron chi connectivity index (χ2n) is 7.92. The summed E-state index contributed by atoms with van der Waals surface area (Å²) in [4.78, 5) is 11.1. The van der Waals surface area contributed by atoms with E-state index in [2.05, 4.69) is 5.32 Å². The topological polar surface area (TPSA) is 58.6 Å². The molecule has 4 aromatic rings. The number of carbonyl (C=O) groups is 1. The number of aromatic carboxylic acids is 1. The number of anilines is 1. The van der Waals surface area contributed by atoms with Crippen LogP contribution in [0.2, 0.25) is 0 Å². The average Bonchev–Trinajstić information content (AvgIpc) is 2.87. The zero-order valence-corrected chi connectivity index (χ0v) is 18.5. The number of hydrogen-bond acceptors (Lipinski definition) is 3. The van der Waals surface area contributed by atoms with Gasteiger partial charge in [-0.3, -0.25) is 0 Å². The van der Waals surface area contributed by atoms with Crippen molar-refractivity contribution < 1.29 is 27.8 Å². The van der Waals surface area contributed by atoms with Crippen molar-refractivity contribution in [3.05, 3.63) is 119 Å². The highest BCUT2D eigenvalue weighted by atomic mass is 19.4. The second-order valence-corrected chi connectivity index (χ2v) is 7.92. The summed E-state index contributed by atoms with van der Waals surface area (Å²) in [6, 6.07) is 26.4. The summed E-state index contributed by atoms with van der Waals surface area (Å²) < 4.78 is 46.8. The number of nitrogens with one attached hydrogen (secondary N) is 1. The lowest BCUT2D eigenvalue weighted by molar-refractivity contribution is -0.137. The minimum absolute atomic E-state index is 0.00226. The van der Waals surface area contributed by atoms with Gasteiger partial charge in [-0.25, -0.2) is 4.79 Å². The molecule has 7 heteroatoms. The molecule has 178 valence electrons. The van der Waals surface area contributed by atoms with E-state index in [4.69, 9.17) is 9.84 Å². The molecule has 4 aromatic carbocycles. The maximum absolute atomic E-state index is 13.7. The van der Waals surface area contributed by atoms with Gasteiger partial charge >= 0.3 is 12.1 Å². The summed E-state index contributed by atoms with van der Waals surface area (Å²) in [7, 11) is 0. The van der Waals surface area contributed by atoms with Crippen LogP contribution in [0.5, 0.6) is 5.75 Å². The van der Waals surface area contributed by atoms with E-state index in [9.17, 15) is 18.0 Å². The molecule has 0 unspecified atom stereocenters. The van der Waals surface area contributed by atoms with Crippen molar-refractivity contribution in [1.82, 2.24) is 0 Å². The third-order valence-electron chi connectivity index (χ3n) is 5.41. The third-order valence-corrected chi connectivity index (χ3v) is 5.41. The van der Waals surface area contributed by atoms with E-state index in [0.29, 0.717) is 29.1 Å². The lowest BCUT2D eigenvalue weighted by atomic mass is 9.97. The maximum Gasteiger partial charge on any atom is 0.417 e. The summed E-state index contributed by atoms with van der Waals surface area (Å²) in [6.07, 6.45) is -4.49. The average molecular weight is 477 g/mol. The molecular formula is C28H22F3NO3. The van der Waals surface area contributed by atoms with Gasteiger partial charge in [0.1, 0.15) is 12.4 Å². The van der Waals surface area contributed by atoms with Crippen LogP contribution in [-0.2, 0) is 19.3 Å². The number of rotatable bonds is 8.